The van der Waals surface area contributed by atoms with Crippen LogP contribution in [-0.4, -0.2) is 23.6 Å². The third-order valence-corrected chi connectivity index (χ3v) is 4.73. The molecule has 0 radical (unpaired) electrons. The van der Waals surface area contributed by atoms with Crippen LogP contribution in [-0.2, 0) is 14.9 Å². The van der Waals surface area contributed by atoms with Crippen molar-refractivity contribution in [2.75, 3.05) is 11.9 Å². The summed E-state index contributed by atoms with van der Waals surface area (Å²) < 4.78 is 5.12. The number of nitrogens with one attached hydrogen (secondary N) is 1. The molecule has 1 aromatic rings. The monoisotopic (exact) mass is 296 g/mol. The van der Waals surface area contributed by atoms with E-state index in [2.05, 4.69) is 17.2 Å². The maximum absolute atomic E-state index is 12.0. The second-order valence-corrected chi connectivity index (χ2v) is 7.00. The minimum absolute atomic E-state index is 0.216. The Labute approximate surface area is 124 Å². The number of rotatable bonds is 5. The highest BCUT2D eigenvalue weighted by Crippen LogP contribution is 2.31. The molecule has 2 rings (SSSR count). The smallest absolute Gasteiger partial charge is 0.317 e. The molecule has 1 N–H and O–H groups in total. The normalized spacial score (nSPS) is 22.8. The number of nitrogens with zero attached hydrogens (tertiary/aromatic N) is 1. The van der Waals surface area contributed by atoms with Crippen molar-refractivity contribution < 1.29 is 9.53 Å². The van der Waals surface area contributed by atoms with Gasteiger partial charge in [0.2, 0.25) is 0 Å². The number of esters is 1. The predicted molar refractivity (Wildman–Crippen MR) is 82.2 cm³/mol. The van der Waals surface area contributed by atoms with E-state index in [-0.39, 0.29) is 5.97 Å². The quantitative estimate of drug-likeness (QED) is 0.844. The van der Waals surface area contributed by atoms with E-state index < -0.39 is 5.41 Å². The van der Waals surface area contributed by atoms with Crippen LogP contribution in [0.15, 0.2) is 5.38 Å². The Morgan fingerprint density at radius 2 is 2.30 bits per heavy atom. The highest BCUT2D eigenvalue weighted by atomic mass is 32.1. The summed E-state index contributed by atoms with van der Waals surface area (Å²) in [6.45, 7) is 8.24. The number of hydrogen-bond donors (Lipinski definition) is 1. The highest BCUT2D eigenvalue weighted by Gasteiger charge is 2.34. The molecule has 1 heterocycles. The molecule has 0 aliphatic heterocycles. The Morgan fingerprint density at radius 3 is 2.90 bits per heavy atom. The maximum atomic E-state index is 12.0. The third-order valence-electron chi connectivity index (χ3n) is 3.95. The molecule has 4 nitrogen and oxygen atoms in total. The zero-order chi connectivity index (χ0) is 14.8. The SMILES string of the molecule is CCOC(=O)C(C)(C)c1csc(NC2CCC(C)C2)n1. The summed E-state index contributed by atoms with van der Waals surface area (Å²) in [5.74, 6) is 0.578. The zero-order valence-electron chi connectivity index (χ0n) is 12.7. The summed E-state index contributed by atoms with van der Waals surface area (Å²) >= 11 is 1.57. The largest absolute Gasteiger partial charge is 0.465 e. The Bertz CT molecular complexity index is 470. The molecular formula is C15H24N2O2S. The number of thiazole rings is 1. The van der Waals surface area contributed by atoms with Crippen molar-refractivity contribution in [3.05, 3.63) is 11.1 Å². The minimum Gasteiger partial charge on any atom is -0.465 e. The average Bonchev–Trinajstić information content (AvgIpc) is 3.00. The first-order valence-electron chi connectivity index (χ1n) is 7.33. The first-order valence-corrected chi connectivity index (χ1v) is 8.21. The van der Waals surface area contributed by atoms with E-state index in [1.54, 1.807) is 11.3 Å². The summed E-state index contributed by atoms with van der Waals surface area (Å²) in [6.07, 6.45) is 3.69. The van der Waals surface area contributed by atoms with Crippen molar-refractivity contribution in [2.24, 2.45) is 5.92 Å². The van der Waals surface area contributed by atoms with Crippen molar-refractivity contribution in [1.82, 2.24) is 4.98 Å². The van der Waals surface area contributed by atoms with Crippen LogP contribution in [0.4, 0.5) is 5.13 Å². The van der Waals surface area contributed by atoms with Gasteiger partial charge in [0, 0.05) is 11.4 Å². The number of carbonyl (C=O) groups is 1. The van der Waals surface area contributed by atoms with Crippen LogP contribution in [0.1, 0.15) is 52.7 Å². The van der Waals surface area contributed by atoms with Gasteiger partial charge in [-0.05, 0) is 46.0 Å². The van der Waals surface area contributed by atoms with Crippen LogP contribution in [0, 0.1) is 5.92 Å². The first kappa shape index (κ1) is 15.3. The van der Waals surface area contributed by atoms with Crippen LogP contribution in [0.5, 0.6) is 0 Å². The molecule has 112 valence electrons. The molecule has 1 aliphatic carbocycles. The second-order valence-electron chi connectivity index (χ2n) is 6.14. The van der Waals surface area contributed by atoms with E-state index >= 15 is 0 Å². The summed E-state index contributed by atoms with van der Waals surface area (Å²) in [5.41, 5.74) is 0.101. The molecule has 0 amide bonds. The summed E-state index contributed by atoms with van der Waals surface area (Å²) in [6, 6.07) is 0.523. The lowest BCUT2D eigenvalue weighted by atomic mass is 9.90. The second kappa shape index (κ2) is 6.12. The summed E-state index contributed by atoms with van der Waals surface area (Å²) in [4.78, 5) is 16.6. The molecule has 0 saturated heterocycles. The van der Waals surface area contributed by atoms with E-state index in [1.165, 1.54) is 19.3 Å². The van der Waals surface area contributed by atoms with E-state index in [0.29, 0.717) is 12.6 Å². The Balaban J connectivity index is 2.02. The molecule has 5 heteroatoms. The van der Waals surface area contributed by atoms with Crippen molar-refractivity contribution >= 4 is 22.4 Å². The molecule has 1 aromatic heterocycles. The molecule has 0 bridgehead atoms. The van der Waals surface area contributed by atoms with Gasteiger partial charge in [0.05, 0.1) is 12.3 Å². The van der Waals surface area contributed by atoms with Crippen molar-refractivity contribution in [3.8, 4) is 0 Å². The van der Waals surface area contributed by atoms with Crippen LogP contribution in [0.3, 0.4) is 0 Å². The molecular weight excluding hydrogens is 272 g/mol. The van der Waals surface area contributed by atoms with Gasteiger partial charge in [-0.1, -0.05) is 6.92 Å². The van der Waals surface area contributed by atoms with Gasteiger partial charge in [0.1, 0.15) is 5.41 Å². The van der Waals surface area contributed by atoms with E-state index in [1.807, 2.05) is 26.2 Å². The fourth-order valence-electron chi connectivity index (χ4n) is 2.56. The molecule has 20 heavy (non-hydrogen) atoms. The molecule has 1 fully saturated rings. The van der Waals surface area contributed by atoms with E-state index in [4.69, 9.17) is 4.74 Å². The third kappa shape index (κ3) is 3.32. The van der Waals surface area contributed by atoms with Crippen molar-refractivity contribution in [3.63, 3.8) is 0 Å². The molecule has 2 unspecified atom stereocenters. The number of ether oxygens (including phenoxy) is 1. The van der Waals surface area contributed by atoms with Gasteiger partial charge in [0.25, 0.3) is 0 Å². The van der Waals surface area contributed by atoms with Crippen LogP contribution < -0.4 is 5.32 Å². The Hall–Kier alpha value is -1.10. The summed E-state index contributed by atoms with van der Waals surface area (Å²) in [7, 11) is 0. The standard InChI is InChI=1S/C15H24N2O2S/c1-5-19-13(18)15(3,4)12-9-20-14(17-12)16-11-7-6-10(2)8-11/h9-11H,5-8H2,1-4H3,(H,16,17). The molecule has 2 atom stereocenters. The molecule has 1 aliphatic rings. The number of anilines is 1. The summed E-state index contributed by atoms with van der Waals surface area (Å²) in [5, 5.41) is 6.36. The van der Waals surface area contributed by atoms with Crippen molar-refractivity contribution in [2.45, 2.75) is 58.4 Å². The zero-order valence-corrected chi connectivity index (χ0v) is 13.5. The molecule has 1 saturated carbocycles. The van der Waals surface area contributed by atoms with Gasteiger partial charge >= 0.3 is 5.97 Å². The predicted octanol–water partition coefficient (Wildman–Crippen LogP) is 3.58. The molecule has 0 aromatic carbocycles. The van der Waals surface area contributed by atoms with Gasteiger partial charge in [-0.25, -0.2) is 4.98 Å². The van der Waals surface area contributed by atoms with E-state index in [9.17, 15) is 4.79 Å². The van der Waals surface area contributed by atoms with Crippen LogP contribution in [0.2, 0.25) is 0 Å². The van der Waals surface area contributed by atoms with Crippen LogP contribution >= 0.6 is 11.3 Å². The topological polar surface area (TPSA) is 51.2 Å². The maximum Gasteiger partial charge on any atom is 0.317 e. The van der Waals surface area contributed by atoms with Crippen LogP contribution in [0.25, 0.3) is 0 Å². The van der Waals surface area contributed by atoms with E-state index in [0.717, 1.165) is 16.7 Å². The number of aromatic nitrogens is 1. The fraction of sp³-hybridized carbons (Fsp3) is 0.733. The lowest BCUT2D eigenvalue weighted by molar-refractivity contribution is -0.148. The molecule has 0 spiro atoms. The van der Waals surface area contributed by atoms with Gasteiger partial charge in [0.15, 0.2) is 5.13 Å². The Kier molecular flexibility index (Phi) is 4.68. The highest BCUT2D eigenvalue weighted by molar-refractivity contribution is 7.13. The van der Waals surface area contributed by atoms with Gasteiger partial charge in [-0.2, -0.15) is 0 Å². The van der Waals surface area contributed by atoms with Gasteiger partial charge in [-0.3, -0.25) is 4.79 Å². The average molecular weight is 296 g/mol. The van der Waals surface area contributed by atoms with Gasteiger partial charge in [-0.15, -0.1) is 11.3 Å². The van der Waals surface area contributed by atoms with Crippen molar-refractivity contribution in [1.29, 1.82) is 0 Å². The lowest BCUT2D eigenvalue weighted by Crippen LogP contribution is -2.31. The Morgan fingerprint density at radius 1 is 1.55 bits per heavy atom. The first-order chi connectivity index (χ1) is 9.43. The number of carbonyl (C=O) groups excluding carboxylic acids is 1. The number of hydrogen-bond acceptors (Lipinski definition) is 5. The van der Waals surface area contributed by atoms with Gasteiger partial charge < -0.3 is 10.1 Å². The lowest BCUT2D eigenvalue weighted by Gasteiger charge is -2.19. The fourth-order valence-corrected chi connectivity index (χ4v) is 3.51. The minimum atomic E-state index is -0.685.